The van der Waals surface area contributed by atoms with Gasteiger partial charge in [0.25, 0.3) is 0 Å². The van der Waals surface area contributed by atoms with Gasteiger partial charge in [-0.3, -0.25) is 0 Å². The van der Waals surface area contributed by atoms with Crippen molar-refractivity contribution in [1.29, 1.82) is 0 Å². The number of amides is 2. The first-order chi connectivity index (χ1) is 12.0. The second-order valence-corrected chi connectivity index (χ2v) is 6.27. The molecule has 2 atom stereocenters. The van der Waals surface area contributed by atoms with Gasteiger partial charge in [0.1, 0.15) is 0 Å². The highest BCUT2D eigenvalue weighted by atomic mass is 35.5. The third kappa shape index (κ3) is 4.96. The molecule has 0 aromatic heterocycles. The van der Waals surface area contributed by atoms with Gasteiger partial charge < -0.3 is 20.7 Å². The van der Waals surface area contributed by atoms with Crippen LogP contribution in [-0.2, 0) is 9.53 Å². The summed E-state index contributed by atoms with van der Waals surface area (Å²) in [4.78, 5) is 24.2. The monoisotopic (exact) mass is 365 g/mol. The van der Waals surface area contributed by atoms with E-state index in [-0.39, 0.29) is 24.7 Å². The summed E-state index contributed by atoms with van der Waals surface area (Å²) in [7, 11) is 0. The highest BCUT2D eigenvalue weighted by Gasteiger charge is 2.31. The molecule has 1 aliphatic rings. The van der Waals surface area contributed by atoms with Crippen molar-refractivity contribution in [2.24, 2.45) is 0 Å². The molecule has 0 radical (unpaired) electrons. The van der Waals surface area contributed by atoms with Crippen molar-refractivity contribution in [3.8, 4) is 0 Å². The van der Waals surface area contributed by atoms with Gasteiger partial charge in [-0.2, -0.15) is 0 Å². The fraction of sp³-hybridized carbons (Fsp3) is 0.444. The fourth-order valence-corrected chi connectivity index (χ4v) is 2.95. The van der Waals surface area contributed by atoms with Crippen molar-refractivity contribution in [3.05, 3.63) is 46.1 Å². The molecule has 2 rings (SSSR count). The predicted molar refractivity (Wildman–Crippen MR) is 97.3 cm³/mol. The van der Waals surface area contributed by atoms with Crippen LogP contribution in [0.4, 0.5) is 4.79 Å². The number of esters is 1. The van der Waals surface area contributed by atoms with Gasteiger partial charge in [0, 0.05) is 23.3 Å². The Morgan fingerprint density at radius 3 is 2.80 bits per heavy atom. The molecule has 136 valence electrons. The first kappa shape index (κ1) is 19.3. The number of rotatable bonds is 7. The van der Waals surface area contributed by atoms with Crippen LogP contribution in [-0.4, -0.2) is 31.2 Å². The predicted octanol–water partition coefficient (Wildman–Crippen LogP) is 2.90. The van der Waals surface area contributed by atoms with E-state index in [4.69, 9.17) is 16.3 Å². The Balaban J connectivity index is 2.19. The van der Waals surface area contributed by atoms with E-state index in [1.165, 1.54) is 0 Å². The van der Waals surface area contributed by atoms with E-state index in [1.54, 1.807) is 6.92 Å². The zero-order valence-electron chi connectivity index (χ0n) is 14.7. The summed E-state index contributed by atoms with van der Waals surface area (Å²) >= 11 is 6.03. The number of carbonyl (C=O) groups excluding carboxylic acids is 2. The molecule has 0 unspecified atom stereocenters. The maximum absolute atomic E-state index is 12.3. The van der Waals surface area contributed by atoms with Crippen molar-refractivity contribution < 1.29 is 14.3 Å². The molecule has 1 aromatic rings. The summed E-state index contributed by atoms with van der Waals surface area (Å²) in [6.07, 6.45) is 0.606. The lowest BCUT2D eigenvalue weighted by molar-refractivity contribution is -0.139. The minimum atomic E-state index is -0.408. The molecule has 25 heavy (non-hydrogen) atoms. The lowest BCUT2D eigenvalue weighted by Gasteiger charge is -2.29. The van der Waals surface area contributed by atoms with Crippen molar-refractivity contribution >= 4 is 23.6 Å². The van der Waals surface area contributed by atoms with Crippen LogP contribution in [0, 0.1) is 0 Å². The van der Waals surface area contributed by atoms with Crippen molar-refractivity contribution in [2.45, 2.75) is 39.3 Å². The largest absolute Gasteiger partial charge is 0.463 e. The molecule has 0 aliphatic carbocycles. The summed E-state index contributed by atoms with van der Waals surface area (Å²) in [5.74, 6) is -0.408. The first-order valence-corrected chi connectivity index (χ1v) is 8.80. The Hall–Kier alpha value is -2.05. The van der Waals surface area contributed by atoms with Gasteiger partial charge in [0.05, 0.1) is 18.2 Å². The van der Waals surface area contributed by atoms with Crippen molar-refractivity contribution in [2.75, 3.05) is 13.2 Å². The van der Waals surface area contributed by atoms with E-state index in [0.717, 1.165) is 5.56 Å². The van der Waals surface area contributed by atoms with Crippen LogP contribution in [0.2, 0.25) is 5.02 Å². The van der Waals surface area contributed by atoms with Crippen molar-refractivity contribution in [1.82, 2.24) is 16.0 Å². The van der Waals surface area contributed by atoms with Gasteiger partial charge in [-0.1, -0.05) is 30.7 Å². The number of nitrogens with one attached hydrogen (secondary N) is 3. The lowest BCUT2D eigenvalue weighted by atomic mass is 10.00. The fourth-order valence-electron chi connectivity index (χ4n) is 2.75. The van der Waals surface area contributed by atoms with Crippen LogP contribution < -0.4 is 16.0 Å². The van der Waals surface area contributed by atoms with Crippen LogP contribution in [0.15, 0.2) is 35.5 Å². The zero-order chi connectivity index (χ0) is 18.4. The van der Waals surface area contributed by atoms with E-state index >= 15 is 0 Å². The van der Waals surface area contributed by atoms with Crippen LogP contribution in [0.25, 0.3) is 0 Å². The number of hydrogen-bond acceptors (Lipinski definition) is 4. The molecule has 0 saturated heterocycles. The number of urea groups is 1. The van der Waals surface area contributed by atoms with Crippen LogP contribution in [0.3, 0.4) is 0 Å². The minimum absolute atomic E-state index is 0.00140. The number of carbonyl (C=O) groups is 2. The van der Waals surface area contributed by atoms with Crippen molar-refractivity contribution in [3.63, 3.8) is 0 Å². The molecule has 2 amide bonds. The normalized spacial score (nSPS) is 18.4. The maximum Gasteiger partial charge on any atom is 0.337 e. The number of ether oxygens (including phenoxy) is 1. The Labute approximate surface area is 153 Å². The summed E-state index contributed by atoms with van der Waals surface area (Å²) in [6, 6.07) is 6.89. The molecule has 3 N–H and O–H groups in total. The summed E-state index contributed by atoms with van der Waals surface area (Å²) in [5, 5.41) is 9.47. The molecule has 1 aliphatic heterocycles. The second-order valence-electron chi connectivity index (χ2n) is 5.83. The Morgan fingerprint density at radius 2 is 2.16 bits per heavy atom. The smallest absolute Gasteiger partial charge is 0.337 e. The van der Waals surface area contributed by atoms with Gasteiger partial charge in [-0.15, -0.1) is 0 Å². The number of hydrogen-bond donors (Lipinski definition) is 3. The van der Waals surface area contributed by atoms with E-state index in [9.17, 15) is 9.59 Å². The van der Waals surface area contributed by atoms with Gasteiger partial charge >= 0.3 is 12.0 Å². The van der Waals surface area contributed by atoms with E-state index < -0.39 is 5.97 Å². The van der Waals surface area contributed by atoms with Crippen LogP contribution in [0.1, 0.15) is 38.8 Å². The number of benzene rings is 1. The van der Waals surface area contributed by atoms with Crippen LogP contribution >= 0.6 is 11.6 Å². The lowest BCUT2D eigenvalue weighted by Crippen LogP contribution is -2.51. The highest BCUT2D eigenvalue weighted by molar-refractivity contribution is 6.30. The topological polar surface area (TPSA) is 79.5 Å². The average Bonchev–Trinajstić information content (AvgIpc) is 2.59. The molecule has 1 heterocycles. The van der Waals surface area contributed by atoms with Gasteiger partial charge in [-0.25, -0.2) is 9.59 Å². The second kappa shape index (κ2) is 8.87. The molecule has 6 nitrogen and oxygen atoms in total. The quantitative estimate of drug-likeness (QED) is 0.649. The molecule has 0 fully saturated rings. The van der Waals surface area contributed by atoms with E-state index in [0.29, 0.717) is 29.3 Å². The summed E-state index contributed by atoms with van der Waals surface area (Å²) in [5.41, 5.74) is 2.04. The Morgan fingerprint density at radius 1 is 1.40 bits per heavy atom. The Kier molecular flexibility index (Phi) is 6.84. The molecule has 0 saturated carbocycles. The molecular weight excluding hydrogens is 342 g/mol. The SMILES string of the molecule is CCOC(=O)C1=C(CN[C@@H](C)c2cccc(Cl)c2)NC(=O)N[C@@H]1CC. The third-order valence-corrected chi connectivity index (χ3v) is 4.32. The molecule has 0 bridgehead atoms. The standard InChI is InChI=1S/C18H24ClN3O3/c1-4-14-16(17(23)25-5-2)15(22-18(24)21-14)10-20-11(3)12-7-6-8-13(19)9-12/h6-9,11,14,20H,4-5,10H2,1-3H3,(H2,21,22,24)/t11-,14+/m0/s1. The first-order valence-electron chi connectivity index (χ1n) is 8.42. The maximum atomic E-state index is 12.3. The highest BCUT2D eigenvalue weighted by Crippen LogP contribution is 2.20. The Bertz CT molecular complexity index is 675. The van der Waals surface area contributed by atoms with Gasteiger partial charge in [0.15, 0.2) is 0 Å². The van der Waals surface area contributed by atoms with Crippen LogP contribution in [0.5, 0.6) is 0 Å². The minimum Gasteiger partial charge on any atom is -0.463 e. The summed E-state index contributed by atoms with van der Waals surface area (Å²) < 4.78 is 5.15. The van der Waals surface area contributed by atoms with Gasteiger partial charge in [-0.05, 0) is 38.0 Å². The van der Waals surface area contributed by atoms with E-state index in [2.05, 4.69) is 16.0 Å². The number of halogens is 1. The average molecular weight is 366 g/mol. The molecule has 0 spiro atoms. The summed E-state index contributed by atoms with van der Waals surface area (Å²) in [6.45, 7) is 6.29. The molecule has 7 heteroatoms. The molecular formula is C18H24ClN3O3. The van der Waals surface area contributed by atoms with E-state index in [1.807, 2.05) is 38.1 Å². The molecule has 1 aromatic carbocycles. The zero-order valence-corrected chi connectivity index (χ0v) is 15.4. The third-order valence-electron chi connectivity index (χ3n) is 4.08. The van der Waals surface area contributed by atoms with Gasteiger partial charge in [0.2, 0.25) is 0 Å².